The summed E-state index contributed by atoms with van der Waals surface area (Å²) in [5.41, 5.74) is 1.21. The molecule has 1 amide bonds. The van der Waals surface area contributed by atoms with Gasteiger partial charge in [0, 0.05) is 30.5 Å². The Labute approximate surface area is 188 Å². The van der Waals surface area contributed by atoms with Crippen LogP contribution in [0.25, 0.3) is 10.2 Å². The van der Waals surface area contributed by atoms with E-state index in [0.29, 0.717) is 28.0 Å². The molecule has 9 heteroatoms. The molecule has 4 aromatic rings. The molecule has 0 aliphatic heterocycles. The van der Waals surface area contributed by atoms with Crippen molar-refractivity contribution >= 4 is 44.2 Å². The van der Waals surface area contributed by atoms with Crippen LogP contribution in [0.2, 0.25) is 5.02 Å². The third-order valence-corrected chi connectivity index (χ3v) is 6.09. The summed E-state index contributed by atoms with van der Waals surface area (Å²) >= 11 is 7.62. The number of anilines is 1. The highest BCUT2D eigenvalue weighted by Gasteiger charge is 2.24. The molecule has 160 valence electrons. The van der Waals surface area contributed by atoms with Gasteiger partial charge < -0.3 is 14.0 Å². The number of methoxy groups -OCH3 is 2. The van der Waals surface area contributed by atoms with Crippen LogP contribution >= 0.6 is 22.9 Å². The fourth-order valence-corrected chi connectivity index (χ4v) is 4.43. The highest BCUT2D eigenvalue weighted by atomic mass is 35.5. The second-order valence-electron chi connectivity index (χ2n) is 6.79. The van der Waals surface area contributed by atoms with Crippen LogP contribution in [0, 0.1) is 0 Å². The summed E-state index contributed by atoms with van der Waals surface area (Å²) in [6, 6.07) is 10.7. The lowest BCUT2D eigenvalue weighted by molar-refractivity contribution is 0.0983. The Morgan fingerprint density at radius 3 is 2.81 bits per heavy atom. The largest absolute Gasteiger partial charge is 0.497 e. The van der Waals surface area contributed by atoms with Crippen molar-refractivity contribution in [3.05, 3.63) is 65.7 Å². The molecule has 0 N–H and O–H groups in total. The van der Waals surface area contributed by atoms with Crippen LogP contribution in [0.4, 0.5) is 5.13 Å². The summed E-state index contributed by atoms with van der Waals surface area (Å²) in [7, 11) is 3.16. The van der Waals surface area contributed by atoms with Crippen LogP contribution in [-0.4, -0.2) is 41.2 Å². The number of benzene rings is 2. The summed E-state index contributed by atoms with van der Waals surface area (Å²) < 4.78 is 13.6. The van der Waals surface area contributed by atoms with Crippen LogP contribution in [0.3, 0.4) is 0 Å². The number of rotatable bonds is 8. The number of aromatic nitrogens is 3. The molecule has 0 saturated heterocycles. The van der Waals surface area contributed by atoms with Gasteiger partial charge in [0.1, 0.15) is 11.5 Å². The Bertz CT molecular complexity index is 1190. The Balaban J connectivity index is 1.68. The zero-order valence-corrected chi connectivity index (χ0v) is 18.7. The lowest BCUT2D eigenvalue weighted by Gasteiger charge is -2.21. The number of nitrogens with zero attached hydrogens (tertiary/aromatic N) is 4. The van der Waals surface area contributed by atoms with Crippen molar-refractivity contribution in [3.63, 3.8) is 0 Å². The minimum absolute atomic E-state index is 0.212. The van der Waals surface area contributed by atoms with Gasteiger partial charge in [0.25, 0.3) is 5.91 Å². The minimum atomic E-state index is -0.212. The van der Waals surface area contributed by atoms with Gasteiger partial charge in [-0.1, -0.05) is 22.9 Å². The molecule has 0 unspecified atom stereocenters. The zero-order chi connectivity index (χ0) is 21.8. The number of amides is 1. The number of hydrogen-bond acceptors (Lipinski definition) is 6. The summed E-state index contributed by atoms with van der Waals surface area (Å²) in [6.07, 6.45) is 6.12. The monoisotopic (exact) mass is 456 g/mol. The number of fused-ring (bicyclic) bond motifs is 1. The Morgan fingerprint density at radius 1 is 1.19 bits per heavy atom. The average Bonchev–Trinajstić information content (AvgIpc) is 3.45. The Hall–Kier alpha value is -3.10. The van der Waals surface area contributed by atoms with Crippen molar-refractivity contribution in [1.29, 1.82) is 0 Å². The van der Waals surface area contributed by atoms with Gasteiger partial charge in [-0.25, -0.2) is 9.97 Å². The van der Waals surface area contributed by atoms with Gasteiger partial charge in [0.15, 0.2) is 5.13 Å². The Kier molecular flexibility index (Phi) is 6.39. The molecule has 0 bridgehead atoms. The molecule has 31 heavy (non-hydrogen) atoms. The lowest BCUT2D eigenvalue weighted by atomic mass is 10.1. The van der Waals surface area contributed by atoms with Crippen LogP contribution < -0.4 is 14.4 Å². The first kappa shape index (κ1) is 21.1. The fourth-order valence-electron chi connectivity index (χ4n) is 3.24. The number of carbonyl (C=O) groups is 1. The summed E-state index contributed by atoms with van der Waals surface area (Å²) in [6.45, 7) is 1.21. The van der Waals surface area contributed by atoms with Crippen LogP contribution in [0.5, 0.6) is 11.5 Å². The maximum absolute atomic E-state index is 13.6. The number of imidazole rings is 1. The zero-order valence-electron chi connectivity index (χ0n) is 17.1. The van der Waals surface area contributed by atoms with Gasteiger partial charge in [-0.3, -0.25) is 9.69 Å². The van der Waals surface area contributed by atoms with Gasteiger partial charge >= 0.3 is 0 Å². The standard InChI is InChI=1S/C22H21ClN4O3S/c1-29-16-5-6-18-20(13-16)31-22(25-18)27(10-3-9-26-11-8-24-14-26)21(28)17-12-15(23)4-7-19(17)30-2/h4-8,11-14H,3,9-10H2,1-2H3. The number of hydrogen-bond donors (Lipinski definition) is 0. The molecular formula is C22H21ClN4O3S. The molecule has 2 aromatic heterocycles. The van der Waals surface area contributed by atoms with Crippen molar-refractivity contribution in [2.45, 2.75) is 13.0 Å². The molecule has 7 nitrogen and oxygen atoms in total. The van der Waals surface area contributed by atoms with Crippen LogP contribution in [-0.2, 0) is 6.54 Å². The van der Waals surface area contributed by atoms with Crippen molar-refractivity contribution in [2.75, 3.05) is 25.7 Å². The van der Waals surface area contributed by atoms with Gasteiger partial charge in [0.2, 0.25) is 0 Å². The highest BCUT2D eigenvalue weighted by Crippen LogP contribution is 2.33. The SMILES string of the molecule is COc1ccc2nc(N(CCCn3ccnc3)C(=O)c3cc(Cl)ccc3OC)sc2c1. The lowest BCUT2D eigenvalue weighted by Crippen LogP contribution is -2.32. The molecular weight excluding hydrogens is 436 g/mol. The maximum Gasteiger partial charge on any atom is 0.263 e. The highest BCUT2D eigenvalue weighted by molar-refractivity contribution is 7.22. The second-order valence-corrected chi connectivity index (χ2v) is 8.23. The van der Waals surface area contributed by atoms with E-state index in [-0.39, 0.29) is 5.91 Å². The van der Waals surface area contributed by atoms with E-state index in [1.807, 2.05) is 29.0 Å². The number of carbonyl (C=O) groups excluding carboxylic acids is 1. The van der Waals surface area contributed by atoms with Crippen LogP contribution in [0.15, 0.2) is 55.1 Å². The second kappa shape index (κ2) is 9.36. The molecule has 2 heterocycles. The summed E-state index contributed by atoms with van der Waals surface area (Å²) in [4.78, 5) is 24.0. The molecule has 0 spiro atoms. The van der Waals surface area contributed by atoms with Crippen molar-refractivity contribution in [3.8, 4) is 11.5 Å². The molecule has 2 aromatic carbocycles. The normalized spacial score (nSPS) is 10.9. The van der Waals surface area contributed by atoms with E-state index in [1.165, 1.54) is 18.4 Å². The molecule has 0 fully saturated rings. The van der Waals surface area contributed by atoms with E-state index < -0.39 is 0 Å². The topological polar surface area (TPSA) is 69.5 Å². The van der Waals surface area contributed by atoms with Crippen molar-refractivity contribution in [1.82, 2.24) is 14.5 Å². The van der Waals surface area contributed by atoms with E-state index in [1.54, 1.807) is 42.7 Å². The van der Waals surface area contributed by atoms with Gasteiger partial charge in [-0.15, -0.1) is 0 Å². The quantitative estimate of drug-likeness (QED) is 0.377. The first-order chi connectivity index (χ1) is 15.1. The van der Waals surface area contributed by atoms with Gasteiger partial charge in [-0.2, -0.15) is 0 Å². The molecule has 0 atom stereocenters. The molecule has 4 rings (SSSR count). The minimum Gasteiger partial charge on any atom is -0.497 e. The van der Waals surface area contributed by atoms with Crippen LogP contribution in [0.1, 0.15) is 16.8 Å². The first-order valence-corrected chi connectivity index (χ1v) is 10.8. The van der Waals surface area contributed by atoms with E-state index in [2.05, 4.69) is 4.98 Å². The number of aryl methyl sites for hydroxylation is 1. The molecule has 0 radical (unpaired) electrons. The third kappa shape index (κ3) is 4.65. The molecule has 0 aliphatic carbocycles. The molecule has 0 aliphatic rings. The first-order valence-electron chi connectivity index (χ1n) is 9.65. The van der Waals surface area contributed by atoms with Crippen molar-refractivity contribution < 1.29 is 14.3 Å². The number of ether oxygens (including phenoxy) is 2. The fraction of sp³-hybridized carbons (Fsp3) is 0.227. The summed E-state index contributed by atoms with van der Waals surface area (Å²) in [5.74, 6) is 1.00. The molecule has 0 saturated carbocycles. The average molecular weight is 457 g/mol. The smallest absolute Gasteiger partial charge is 0.263 e. The van der Waals surface area contributed by atoms with E-state index >= 15 is 0 Å². The van der Waals surface area contributed by atoms with E-state index in [0.717, 1.165) is 28.9 Å². The predicted octanol–water partition coefficient (Wildman–Crippen LogP) is 4.90. The Morgan fingerprint density at radius 2 is 2.06 bits per heavy atom. The summed E-state index contributed by atoms with van der Waals surface area (Å²) in [5, 5.41) is 1.08. The van der Waals surface area contributed by atoms with Gasteiger partial charge in [0.05, 0.1) is 36.3 Å². The third-order valence-electron chi connectivity index (χ3n) is 4.81. The number of halogens is 1. The van der Waals surface area contributed by atoms with Crippen molar-refractivity contribution in [2.24, 2.45) is 0 Å². The maximum atomic E-state index is 13.6. The van der Waals surface area contributed by atoms with E-state index in [4.69, 9.17) is 26.1 Å². The van der Waals surface area contributed by atoms with Gasteiger partial charge in [-0.05, 0) is 42.8 Å². The number of thiazole rings is 1. The van der Waals surface area contributed by atoms with E-state index in [9.17, 15) is 4.79 Å². The predicted molar refractivity (Wildman–Crippen MR) is 123 cm³/mol.